The molecule has 0 spiro atoms. The Morgan fingerprint density at radius 2 is 1.31 bits per heavy atom. The maximum absolute atomic E-state index is 9.41. The van der Waals surface area contributed by atoms with Crippen LogP contribution in [0, 0.1) is 0 Å². The molecule has 1 atom stereocenters. The molecule has 2 nitrogen and oxygen atoms in total. The zero-order valence-electron chi connectivity index (χ0n) is 9.22. The van der Waals surface area contributed by atoms with Crippen LogP contribution in [0.2, 0.25) is 0 Å². The molecule has 2 aromatic rings. The maximum atomic E-state index is 9.41. The highest BCUT2D eigenvalue weighted by Gasteiger charge is 2.01. The molecule has 2 aromatic carbocycles. The van der Waals surface area contributed by atoms with E-state index in [0.29, 0.717) is 0 Å². The molecule has 3 N–H and O–H groups in total. The molecular weight excluding hydrogens is 198 g/mol. The standard InChI is InChI=1S/C14H15NO/c1-10(16)11-2-4-12(5-3-11)13-6-8-14(15)9-7-13/h2-10,16H,15H2,1H3. The molecule has 0 radical (unpaired) electrons. The van der Waals surface area contributed by atoms with Gasteiger partial charge in [0.05, 0.1) is 6.10 Å². The van der Waals surface area contributed by atoms with Crippen LogP contribution in [0.4, 0.5) is 5.69 Å². The molecule has 0 fully saturated rings. The summed E-state index contributed by atoms with van der Waals surface area (Å²) < 4.78 is 0. The molecule has 0 saturated heterocycles. The predicted octanol–water partition coefficient (Wildman–Crippen LogP) is 2.99. The predicted molar refractivity (Wildman–Crippen MR) is 66.9 cm³/mol. The average Bonchev–Trinajstić information content (AvgIpc) is 2.30. The summed E-state index contributed by atoms with van der Waals surface area (Å²) in [5.41, 5.74) is 9.59. The lowest BCUT2D eigenvalue weighted by atomic mass is 10.0. The highest BCUT2D eigenvalue weighted by molar-refractivity contribution is 5.65. The van der Waals surface area contributed by atoms with Crippen LogP contribution in [0.15, 0.2) is 48.5 Å². The van der Waals surface area contributed by atoms with Gasteiger partial charge in [0.1, 0.15) is 0 Å². The Morgan fingerprint density at radius 1 is 0.875 bits per heavy atom. The van der Waals surface area contributed by atoms with Crippen LogP contribution >= 0.6 is 0 Å². The minimum atomic E-state index is -0.416. The molecule has 0 heterocycles. The van der Waals surface area contributed by atoms with E-state index in [0.717, 1.165) is 22.4 Å². The molecule has 2 heteroatoms. The van der Waals surface area contributed by atoms with Gasteiger partial charge in [0.2, 0.25) is 0 Å². The van der Waals surface area contributed by atoms with Crippen LogP contribution in [0.5, 0.6) is 0 Å². The third-order valence-corrected chi connectivity index (χ3v) is 2.64. The van der Waals surface area contributed by atoms with Crippen molar-refractivity contribution in [2.45, 2.75) is 13.0 Å². The summed E-state index contributed by atoms with van der Waals surface area (Å²) in [4.78, 5) is 0. The number of anilines is 1. The van der Waals surface area contributed by atoms with Crippen molar-refractivity contribution in [2.24, 2.45) is 0 Å². The van der Waals surface area contributed by atoms with Gasteiger partial charge >= 0.3 is 0 Å². The Balaban J connectivity index is 2.31. The summed E-state index contributed by atoms with van der Waals surface area (Å²) in [6, 6.07) is 15.7. The molecule has 2 rings (SSSR count). The minimum Gasteiger partial charge on any atom is -0.399 e. The normalized spacial score (nSPS) is 12.4. The second-order valence-electron chi connectivity index (χ2n) is 3.92. The number of nitrogens with two attached hydrogens (primary N) is 1. The Bertz CT molecular complexity index is 457. The molecule has 1 unspecified atom stereocenters. The van der Waals surface area contributed by atoms with Crippen LogP contribution in [-0.2, 0) is 0 Å². The van der Waals surface area contributed by atoms with Crippen LogP contribution < -0.4 is 5.73 Å². The topological polar surface area (TPSA) is 46.2 Å². The van der Waals surface area contributed by atoms with E-state index in [-0.39, 0.29) is 0 Å². The summed E-state index contributed by atoms with van der Waals surface area (Å²) in [7, 11) is 0. The first-order valence-electron chi connectivity index (χ1n) is 5.31. The number of hydrogen-bond acceptors (Lipinski definition) is 2. The zero-order valence-corrected chi connectivity index (χ0v) is 9.22. The molecule has 82 valence electrons. The summed E-state index contributed by atoms with van der Waals surface area (Å²) in [5, 5.41) is 9.41. The largest absolute Gasteiger partial charge is 0.399 e. The molecule has 0 aliphatic rings. The van der Waals surface area contributed by atoms with Gasteiger partial charge in [-0.3, -0.25) is 0 Å². The molecule has 0 aliphatic carbocycles. The fraction of sp³-hybridized carbons (Fsp3) is 0.143. The molecule has 0 bridgehead atoms. The van der Waals surface area contributed by atoms with Crippen molar-refractivity contribution in [3.63, 3.8) is 0 Å². The number of aliphatic hydroxyl groups is 1. The Kier molecular flexibility index (Phi) is 2.93. The second kappa shape index (κ2) is 4.37. The van der Waals surface area contributed by atoms with Crippen molar-refractivity contribution in [3.05, 3.63) is 54.1 Å². The third kappa shape index (κ3) is 2.23. The molecule has 16 heavy (non-hydrogen) atoms. The van der Waals surface area contributed by atoms with Crippen LogP contribution in [0.3, 0.4) is 0 Å². The summed E-state index contributed by atoms with van der Waals surface area (Å²) in [6.45, 7) is 1.76. The lowest BCUT2D eigenvalue weighted by molar-refractivity contribution is 0.199. The van der Waals surface area contributed by atoms with Gasteiger partial charge in [0, 0.05) is 5.69 Å². The Labute approximate surface area is 95.4 Å². The number of benzene rings is 2. The van der Waals surface area contributed by atoms with Crippen molar-refractivity contribution in [1.82, 2.24) is 0 Å². The van der Waals surface area contributed by atoms with E-state index in [1.165, 1.54) is 0 Å². The summed E-state index contributed by atoms with van der Waals surface area (Å²) in [5.74, 6) is 0. The second-order valence-corrected chi connectivity index (χ2v) is 3.92. The molecular formula is C14H15NO. The smallest absolute Gasteiger partial charge is 0.0761 e. The average molecular weight is 213 g/mol. The fourth-order valence-electron chi connectivity index (χ4n) is 1.63. The maximum Gasteiger partial charge on any atom is 0.0761 e. The van der Waals surface area contributed by atoms with E-state index in [2.05, 4.69) is 0 Å². The van der Waals surface area contributed by atoms with Crippen LogP contribution in [-0.4, -0.2) is 5.11 Å². The highest BCUT2D eigenvalue weighted by atomic mass is 16.3. The van der Waals surface area contributed by atoms with Gasteiger partial charge in [-0.05, 0) is 35.7 Å². The highest BCUT2D eigenvalue weighted by Crippen LogP contribution is 2.22. The van der Waals surface area contributed by atoms with Crippen molar-refractivity contribution in [3.8, 4) is 11.1 Å². The first-order valence-corrected chi connectivity index (χ1v) is 5.31. The zero-order chi connectivity index (χ0) is 11.5. The third-order valence-electron chi connectivity index (χ3n) is 2.64. The SMILES string of the molecule is CC(O)c1ccc(-c2ccc(N)cc2)cc1. The van der Waals surface area contributed by atoms with Crippen molar-refractivity contribution in [2.75, 3.05) is 5.73 Å². The van der Waals surface area contributed by atoms with E-state index in [4.69, 9.17) is 5.73 Å². The Morgan fingerprint density at radius 3 is 1.75 bits per heavy atom. The van der Waals surface area contributed by atoms with E-state index in [1.54, 1.807) is 6.92 Å². The van der Waals surface area contributed by atoms with E-state index >= 15 is 0 Å². The van der Waals surface area contributed by atoms with Gasteiger partial charge in [-0.1, -0.05) is 36.4 Å². The van der Waals surface area contributed by atoms with Gasteiger partial charge in [0.25, 0.3) is 0 Å². The molecule has 0 aromatic heterocycles. The fourth-order valence-corrected chi connectivity index (χ4v) is 1.63. The first-order chi connectivity index (χ1) is 7.66. The lowest BCUT2D eigenvalue weighted by Gasteiger charge is -2.06. The van der Waals surface area contributed by atoms with Crippen molar-refractivity contribution >= 4 is 5.69 Å². The molecule has 0 saturated carbocycles. The van der Waals surface area contributed by atoms with E-state index in [9.17, 15) is 5.11 Å². The van der Waals surface area contributed by atoms with E-state index in [1.807, 2.05) is 48.5 Å². The number of hydrogen-bond donors (Lipinski definition) is 2. The van der Waals surface area contributed by atoms with Gasteiger partial charge in [-0.2, -0.15) is 0 Å². The summed E-state index contributed by atoms with van der Waals surface area (Å²) >= 11 is 0. The number of aliphatic hydroxyl groups excluding tert-OH is 1. The van der Waals surface area contributed by atoms with Gasteiger partial charge in [0.15, 0.2) is 0 Å². The summed E-state index contributed by atoms with van der Waals surface area (Å²) in [6.07, 6.45) is -0.416. The van der Waals surface area contributed by atoms with E-state index < -0.39 is 6.10 Å². The number of nitrogen functional groups attached to an aromatic ring is 1. The van der Waals surface area contributed by atoms with Crippen molar-refractivity contribution < 1.29 is 5.11 Å². The lowest BCUT2D eigenvalue weighted by Crippen LogP contribution is -1.90. The molecule has 0 amide bonds. The monoisotopic (exact) mass is 213 g/mol. The Hall–Kier alpha value is -1.80. The van der Waals surface area contributed by atoms with Crippen molar-refractivity contribution in [1.29, 1.82) is 0 Å². The van der Waals surface area contributed by atoms with Gasteiger partial charge in [-0.25, -0.2) is 0 Å². The minimum absolute atomic E-state index is 0.416. The van der Waals surface area contributed by atoms with Gasteiger partial charge < -0.3 is 10.8 Å². The van der Waals surface area contributed by atoms with Crippen LogP contribution in [0.1, 0.15) is 18.6 Å². The first kappa shape index (κ1) is 10.7. The number of rotatable bonds is 2. The van der Waals surface area contributed by atoms with Crippen LogP contribution in [0.25, 0.3) is 11.1 Å². The molecule has 0 aliphatic heterocycles. The quantitative estimate of drug-likeness (QED) is 0.753. The van der Waals surface area contributed by atoms with Gasteiger partial charge in [-0.15, -0.1) is 0 Å².